The maximum absolute atomic E-state index is 12.8. The number of hydrogen-bond acceptors (Lipinski definition) is 5. The van der Waals surface area contributed by atoms with Crippen LogP contribution in [0.5, 0.6) is 0 Å². The van der Waals surface area contributed by atoms with Crippen molar-refractivity contribution in [2.45, 2.75) is 58.9 Å². The van der Waals surface area contributed by atoms with Crippen molar-refractivity contribution in [1.82, 2.24) is 9.80 Å². The molecule has 7 nitrogen and oxygen atoms in total. The van der Waals surface area contributed by atoms with Crippen LogP contribution in [0.15, 0.2) is 0 Å². The van der Waals surface area contributed by atoms with Gasteiger partial charge in [-0.05, 0) is 53.6 Å². The Balaban J connectivity index is 2.89. The Hall–Kier alpha value is -1.63. The number of carboxylic acids is 1. The van der Waals surface area contributed by atoms with Crippen molar-refractivity contribution in [3.63, 3.8) is 0 Å². The highest BCUT2D eigenvalue weighted by atomic mass is 16.5. The van der Waals surface area contributed by atoms with E-state index in [1.54, 1.807) is 11.8 Å². The largest absolute Gasteiger partial charge is 0.481 e. The molecule has 1 aliphatic heterocycles. The molecule has 1 amide bonds. The van der Waals surface area contributed by atoms with E-state index >= 15 is 0 Å². The van der Waals surface area contributed by atoms with Gasteiger partial charge in [0.05, 0.1) is 11.3 Å². The number of carbonyl (C=O) groups is 3. The minimum absolute atomic E-state index is 0.103. The van der Waals surface area contributed by atoms with E-state index in [-0.39, 0.29) is 30.9 Å². The Labute approximate surface area is 156 Å². The lowest BCUT2D eigenvalue weighted by atomic mass is 9.75. The molecule has 1 fully saturated rings. The molecule has 0 radical (unpaired) electrons. The van der Waals surface area contributed by atoms with E-state index in [0.29, 0.717) is 32.4 Å². The van der Waals surface area contributed by atoms with Crippen LogP contribution >= 0.6 is 0 Å². The Morgan fingerprint density at radius 3 is 2.46 bits per heavy atom. The molecule has 150 valence electrons. The highest BCUT2D eigenvalue weighted by molar-refractivity contribution is 5.80. The number of aliphatic carboxylic acids is 1. The summed E-state index contributed by atoms with van der Waals surface area (Å²) in [5, 5.41) is 9.43. The average Bonchev–Trinajstić information content (AvgIpc) is 2.98. The van der Waals surface area contributed by atoms with Gasteiger partial charge in [-0.15, -0.1) is 0 Å². The molecule has 26 heavy (non-hydrogen) atoms. The van der Waals surface area contributed by atoms with Gasteiger partial charge in [-0.1, -0.05) is 6.92 Å². The van der Waals surface area contributed by atoms with Crippen molar-refractivity contribution in [3.8, 4) is 0 Å². The zero-order chi connectivity index (χ0) is 19.9. The second-order valence-electron chi connectivity index (χ2n) is 7.89. The van der Waals surface area contributed by atoms with E-state index in [2.05, 4.69) is 0 Å². The van der Waals surface area contributed by atoms with Gasteiger partial charge in [0, 0.05) is 25.6 Å². The zero-order valence-electron chi connectivity index (χ0n) is 16.8. The van der Waals surface area contributed by atoms with E-state index in [9.17, 15) is 19.5 Å². The summed E-state index contributed by atoms with van der Waals surface area (Å²) in [4.78, 5) is 40.1. The van der Waals surface area contributed by atoms with Crippen LogP contribution in [-0.4, -0.2) is 72.6 Å². The summed E-state index contributed by atoms with van der Waals surface area (Å²) in [5.74, 6) is -1.78. The van der Waals surface area contributed by atoms with Gasteiger partial charge in [0.1, 0.15) is 6.61 Å². The summed E-state index contributed by atoms with van der Waals surface area (Å²) in [5.41, 5.74) is -0.937. The zero-order valence-corrected chi connectivity index (χ0v) is 16.8. The van der Waals surface area contributed by atoms with Crippen molar-refractivity contribution < 1.29 is 24.2 Å². The molecule has 3 unspecified atom stereocenters. The normalized spacial score (nSPS) is 19.3. The molecule has 1 rings (SSSR count). The predicted octanol–water partition coefficient (Wildman–Crippen LogP) is 2.00. The van der Waals surface area contributed by atoms with Crippen LogP contribution in [0, 0.1) is 11.3 Å². The summed E-state index contributed by atoms with van der Waals surface area (Å²) in [6.45, 7) is 7.08. The quantitative estimate of drug-likeness (QED) is 0.560. The predicted molar refractivity (Wildman–Crippen MR) is 98.7 cm³/mol. The lowest BCUT2D eigenvalue weighted by molar-refractivity contribution is -0.160. The van der Waals surface area contributed by atoms with E-state index in [1.165, 1.54) is 0 Å². The minimum atomic E-state index is -0.937. The smallest absolute Gasteiger partial charge is 0.311 e. The number of ether oxygens (including phenoxy) is 1. The molecular formula is C19H34N2O5. The monoisotopic (exact) mass is 370 g/mol. The van der Waals surface area contributed by atoms with Crippen LogP contribution < -0.4 is 0 Å². The van der Waals surface area contributed by atoms with Crippen molar-refractivity contribution in [2.24, 2.45) is 11.3 Å². The van der Waals surface area contributed by atoms with Gasteiger partial charge in [0.15, 0.2) is 0 Å². The fourth-order valence-corrected chi connectivity index (χ4v) is 3.59. The molecule has 0 bridgehead atoms. The third-order valence-corrected chi connectivity index (χ3v) is 5.19. The molecule has 1 heterocycles. The maximum Gasteiger partial charge on any atom is 0.311 e. The molecule has 0 saturated carbocycles. The molecule has 0 aromatic rings. The fourth-order valence-electron chi connectivity index (χ4n) is 3.59. The number of esters is 1. The third kappa shape index (κ3) is 6.27. The van der Waals surface area contributed by atoms with Crippen LogP contribution in [0.4, 0.5) is 0 Å². The molecule has 0 aromatic heterocycles. The lowest BCUT2D eigenvalue weighted by Gasteiger charge is -2.35. The number of likely N-dealkylation sites (tertiary alicyclic amines) is 1. The highest BCUT2D eigenvalue weighted by Gasteiger charge is 2.42. The molecule has 0 aromatic carbocycles. The second-order valence-corrected chi connectivity index (χ2v) is 7.89. The van der Waals surface area contributed by atoms with Gasteiger partial charge >= 0.3 is 11.9 Å². The Morgan fingerprint density at radius 2 is 2.00 bits per heavy atom. The van der Waals surface area contributed by atoms with Gasteiger partial charge < -0.3 is 19.6 Å². The van der Waals surface area contributed by atoms with Gasteiger partial charge in [-0.2, -0.15) is 0 Å². The lowest BCUT2D eigenvalue weighted by Crippen LogP contribution is -2.43. The standard InChI is InChI=1S/C19H34N2O5/c1-6-15(17(23)24)13-19(3,18(25)26-11-10-20(4)5)12-14(2)21-9-7-8-16(21)22/h14-15H,6-13H2,1-5H3,(H,23,24). The number of nitrogens with zero attached hydrogens (tertiary/aromatic N) is 2. The molecular weight excluding hydrogens is 336 g/mol. The number of hydrogen-bond donors (Lipinski definition) is 1. The Morgan fingerprint density at radius 1 is 1.35 bits per heavy atom. The van der Waals surface area contributed by atoms with Gasteiger partial charge in [0.25, 0.3) is 0 Å². The van der Waals surface area contributed by atoms with Crippen LogP contribution in [-0.2, 0) is 19.1 Å². The van der Waals surface area contributed by atoms with Crippen molar-refractivity contribution in [2.75, 3.05) is 33.8 Å². The Kier molecular flexibility index (Phi) is 8.53. The number of amides is 1. The van der Waals surface area contributed by atoms with Crippen LogP contribution in [0.1, 0.15) is 52.9 Å². The van der Waals surface area contributed by atoms with Crippen molar-refractivity contribution >= 4 is 17.8 Å². The van der Waals surface area contributed by atoms with Crippen molar-refractivity contribution in [3.05, 3.63) is 0 Å². The third-order valence-electron chi connectivity index (χ3n) is 5.19. The first-order valence-electron chi connectivity index (χ1n) is 9.45. The number of carboxylic acid groups (broad SMARTS) is 1. The first-order chi connectivity index (χ1) is 12.1. The van der Waals surface area contributed by atoms with E-state index in [0.717, 1.165) is 6.42 Å². The second kappa shape index (κ2) is 9.90. The molecule has 0 spiro atoms. The first-order valence-corrected chi connectivity index (χ1v) is 9.45. The first kappa shape index (κ1) is 22.4. The summed E-state index contributed by atoms with van der Waals surface area (Å²) in [6, 6.07) is -0.123. The van der Waals surface area contributed by atoms with Crippen molar-refractivity contribution in [1.29, 1.82) is 0 Å². The summed E-state index contributed by atoms with van der Waals surface area (Å²) in [7, 11) is 3.79. The van der Waals surface area contributed by atoms with E-state index in [4.69, 9.17) is 4.74 Å². The molecule has 3 atom stereocenters. The SMILES string of the molecule is CCC(CC(C)(CC(C)N1CCCC1=O)C(=O)OCCN(C)C)C(=O)O. The average molecular weight is 370 g/mol. The summed E-state index contributed by atoms with van der Waals surface area (Å²) in [6.07, 6.45) is 2.45. The highest BCUT2D eigenvalue weighted by Crippen LogP contribution is 2.36. The summed E-state index contributed by atoms with van der Waals surface area (Å²) >= 11 is 0. The molecule has 0 aliphatic carbocycles. The van der Waals surface area contributed by atoms with Crippen LogP contribution in [0.2, 0.25) is 0 Å². The summed E-state index contributed by atoms with van der Waals surface area (Å²) < 4.78 is 5.46. The molecule has 1 saturated heterocycles. The Bertz CT molecular complexity index is 508. The fraction of sp³-hybridized carbons (Fsp3) is 0.842. The molecule has 7 heteroatoms. The molecule has 1 N–H and O–H groups in total. The van der Waals surface area contributed by atoms with E-state index in [1.807, 2.05) is 32.8 Å². The number of carbonyl (C=O) groups excluding carboxylic acids is 2. The topological polar surface area (TPSA) is 87.2 Å². The van der Waals surface area contributed by atoms with Gasteiger partial charge in [-0.3, -0.25) is 14.4 Å². The molecule has 1 aliphatic rings. The number of rotatable bonds is 11. The maximum atomic E-state index is 12.8. The minimum Gasteiger partial charge on any atom is -0.481 e. The van der Waals surface area contributed by atoms with Gasteiger partial charge in [-0.25, -0.2) is 0 Å². The number of likely N-dealkylation sites (N-methyl/N-ethyl adjacent to an activating group) is 1. The van der Waals surface area contributed by atoms with E-state index < -0.39 is 17.3 Å². The van der Waals surface area contributed by atoms with Crippen LogP contribution in [0.3, 0.4) is 0 Å². The van der Waals surface area contributed by atoms with Gasteiger partial charge in [0.2, 0.25) is 5.91 Å². The van der Waals surface area contributed by atoms with Crippen LogP contribution in [0.25, 0.3) is 0 Å².